The zero-order valence-electron chi connectivity index (χ0n) is 12.0. The smallest absolute Gasteiger partial charge is 0.0668 e. The monoisotopic (exact) mass is 235 g/mol. The van der Waals surface area contributed by atoms with Crippen molar-refractivity contribution in [3.63, 3.8) is 0 Å². The zero-order valence-corrected chi connectivity index (χ0v) is 12.0. The van der Waals surface area contributed by atoms with Crippen LogP contribution in [0.5, 0.6) is 0 Å². The topological polar surface area (TPSA) is 29.9 Å². The van der Waals surface area contributed by atoms with Crippen molar-refractivity contribution >= 4 is 6.08 Å². The molecule has 0 aliphatic carbocycles. The van der Waals surface area contributed by atoms with E-state index in [-0.39, 0.29) is 0 Å². The first kappa shape index (κ1) is 14.0. The van der Waals surface area contributed by atoms with E-state index in [1.807, 2.05) is 11.7 Å². The van der Waals surface area contributed by atoms with Gasteiger partial charge in [0.15, 0.2) is 0 Å². The SMILES string of the molecule is CCC(=Cc1c(C)nn(C)c1C)CNC(C)C. The second-order valence-electron chi connectivity index (χ2n) is 4.90. The summed E-state index contributed by atoms with van der Waals surface area (Å²) in [6.07, 6.45) is 3.36. The van der Waals surface area contributed by atoms with Crippen molar-refractivity contribution < 1.29 is 0 Å². The standard InChI is InChI=1S/C14H25N3/c1-7-13(9-15-10(2)3)8-14-11(4)16-17(6)12(14)5/h8,10,15H,7,9H2,1-6H3. The highest BCUT2D eigenvalue weighted by Gasteiger charge is 2.07. The second-order valence-corrected chi connectivity index (χ2v) is 4.90. The minimum absolute atomic E-state index is 0.529. The van der Waals surface area contributed by atoms with Gasteiger partial charge in [-0.2, -0.15) is 5.10 Å². The van der Waals surface area contributed by atoms with Crippen LogP contribution in [0.15, 0.2) is 5.57 Å². The van der Waals surface area contributed by atoms with Crippen LogP contribution < -0.4 is 5.32 Å². The van der Waals surface area contributed by atoms with Gasteiger partial charge in [-0.25, -0.2) is 0 Å². The van der Waals surface area contributed by atoms with Crippen LogP contribution in [0.1, 0.15) is 44.1 Å². The van der Waals surface area contributed by atoms with E-state index in [1.54, 1.807) is 0 Å². The number of nitrogens with zero attached hydrogens (tertiary/aromatic N) is 2. The maximum absolute atomic E-state index is 4.44. The first-order valence-corrected chi connectivity index (χ1v) is 6.38. The maximum atomic E-state index is 4.44. The second kappa shape index (κ2) is 6.01. The van der Waals surface area contributed by atoms with Crippen LogP contribution in [-0.4, -0.2) is 22.4 Å². The molecule has 1 N–H and O–H groups in total. The summed E-state index contributed by atoms with van der Waals surface area (Å²) >= 11 is 0. The van der Waals surface area contributed by atoms with Crippen LogP contribution in [0.2, 0.25) is 0 Å². The van der Waals surface area contributed by atoms with E-state index >= 15 is 0 Å². The van der Waals surface area contributed by atoms with Gasteiger partial charge < -0.3 is 5.32 Å². The fourth-order valence-electron chi connectivity index (χ4n) is 1.82. The van der Waals surface area contributed by atoms with Gasteiger partial charge in [-0.1, -0.05) is 32.4 Å². The highest BCUT2D eigenvalue weighted by molar-refractivity contribution is 5.57. The van der Waals surface area contributed by atoms with Gasteiger partial charge in [-0.05, 0) is 20.3 Å². The average Bonchev–Trinajstić information content (AvgIpc) is 2.49. The minimum Gasteiger partial charge on any atom is -0.311 e. The molecular formula is C14H25N3. The van der Waals surface area contributed by atoms with Crippen molar-refractivity contribution in [3.05, 3.63) is 22.5 Å². The molecule has 1 aromatic heterocycles. The molecule has 3 nitrogen and oxygen atoms in total. The fraction of sp³-hybridized carbons (Fsp3) is 0.643. The summed E-state index contributed by atoms with van der Waals surface area (Å²) in [5, 5.41) is 7.91. The molecule has 0 amide bonds. The molecule has 0 atom stereocenters. The Morgan fingerprint density at radius 2 is 2.06 bits per heavy atom. The number of hydrogen-bond donors (Lipinski definition) is 1. The highest BCUT2D eigenvalue weighted by Crippen LogP contribution is 2.17. The summed E-state index contributed by atoms with van der Waals surface area (Å²) in [7, 11) is 2.00. The molecule has 3 heteroatoms. The van der Waals surface area contributed by atoms with Gasteiger partial charge >= 0.3 is 0 Å². The Morgan fingerprint density at radius 1 is 1.41 bits per heavy atom. The van der Waals surface area contributed by atoms with Crippen molar-refractivity contribution in [2.75, 3.05) is 6.54 Å². The Hall–Kier alpha value is -1.09. The van der Waals surface area contributed by atoms with Gasteiger partial charge in [0, 0.05) is 30.9 Å². The summed E-state index contributed by atoms with van der Waals surface area (Å²) < 4.78 is 1.95. The number of aromatic nitrogens is 2. The van der Waals surface area contributed by atoms with E-state index in [0.29, 0.717) is 6.04 Å². The summed E-state index contributed by atoms with van der Waals surface area (Å²) in [5.41, 5.74) is 5.05. The van der Waals surface area contributed by atoms with E-state index in [4.69, 9.17) is 0 Å². The Balaban J connectivity index is 2.90. The van der Waals surface area contributed by atoms with E-state index < -0.39 is 0 Å². The third kappa shape index (κ3) is 3.70. The molecule has 0 saturated heterocycles. The third-order valence-corrected chi connectivity index (χ3v) is 3.10. The largest absolute Gasteiger partial charge is 0.311 e. The maximum Gasteiger partial charge on any atom is 0.0668 e. The lowest BCUT2D eigenvalue weighted by Crippen LogP contribution is -2.24. The molecule has 0 aliphatic heterocycles. The van der Waals surface area contributed by atoms with Crippen LogP contribution in [0.25, 0.3) is 6.08 Å². The van der Waals surface area contributed by atoms with Crippen LogP contribution in [0.4, 0.5) is 0 Å². The van der Waals surface area contributed by atoms with E-state index in [0.717, 1.165) is 18.7 Å². The predicted molar refractivity (Wildman–Crippen MR) is 74.1 cm³/mol. The van der Waals surface area contributed by atoms with Crippen LogP contribution in [-0.2, 0) is 7.05 Å². The number of rotatable bonds is 5. The fourth-order valence-corrected chi connectivity index (χ4v) is 1.82. The summed E-state index contributed by atoms with van der Waals surface area (Å²) in [5.74, 6) is 0. The molecule has 96 valence electrons. The molecule has 0 aromatic carbocycles. The van der Waals surface area contributed by atoms with Crippen LogP contribution >= 0.6 is 0 Å². The molecule has 0 unspecified atom stereocenters. The van der Waals surface area contributed by atoms with Crippen molar-refractivity contribution in [2.24, 2.45) is 7.05 Å². The van der Waals surface area contributed by atoms with Crippen molar-refractivity contribution in [2.45, 2.75) is 47.1 Å². The summed E-state index contributed by atoms with van der Waals surface area (Å²) in [6, 6.07) is 0.529. The van der Waals surface area contributed by atoms with Crippen molar-refractivity contribution in [1.29, 1.82) is 0 Å². The van der Waals surface area contributed by atoms with Crippen molar-refractivity contribution in [3.8, 4) is 0 Å². The van der Waals surface area contributed by atoms with Gasteiger partial charge in [-0.3, -0.25) is 4.68 Å². The van der Waals surface area contributed by atoms with Gasteiger partial charge in [0.1, 0.15) is 0 Å². The Labute approximate surface area is 105 Å². The predicted octanol–water partition coefficient (Wildman–Crippen LogP) is 2.83. The Bertz CT molecular complexity index is 400. The molecule has 1 heterocycles. The van der Waals surface area contributed by atoms with Gasteiger partial charge in [0.2, 0.25) is 0 Å². The quantitative estimate of drug-likeness (QED) is 0.850. The lowest BCUT2D eigenvalue weighted by Gasteiger charge is -2.10. The lowest BCUT2D eigenvalue weighted by atomic mass is 10.1. The van der Waals surface area contributed by atoms with E-state index in [9.17, 15) is 0 Å². The van der Waals surface area contributed by atoms with Gasteiger partial charge in [-0.15, -0.1) is 0 Å². The van der Waals surface area contributed by atoms with Gasteiger partial charge in [0.25, 0.3) is 0 Å². The molecule has 1 aromatic rings. The van der Waals surface area contributed by atoms with E-state index in [2.05, 4.69) is 51.1 Å². The van der Waals surface area contributed by atoms with Crippen LogP contribution in [0.3, 0.4) is 0 Å². The molecule has 0 radical (unpaired) electrons. The Morgan fingerprint density at radius 3 is 2.47 bits per heavy atom. The number of aryl methyl sites for hydroxylation is 2. The third-order valence-electron chi connectivity index (χ3n) is 3.10. The van der Waals surface area contributed by atoms with Crippen LogP contribution in [0, 0.1) is 13.8 Å². The molecule has 0 saturated carbocycles. The number of hydrogen-bond acceptors (Lipinski definition) is 2. The molecular weight excluding hydrogens is 210 g/mol. The molecule has 0 fully saturated rings. The molecule has 0 spiro atoms. The average molecular weight is 235 g/mol. The highest BCUT2D eigenvalue weighted by atomic mass is 15.3. The minimum atomic E-state index is 0.529. The summed E-state index contributed by atoms with van der Waals surface area (Å²) in [4.78, 5) is 0. The first-order valence-electron chi connectivity index (χ1n) is 6.38. The molecule has 0 aliphatic rings. The normalized spacial score (nSPS) is 12.5. The van der Waals surface area contributed by atoms with Gasteiger partial charge in [0.05, 0.1) is 5.69 Å². The van der Waals surface area contributed by atoms with E-state index in [1.165, 1.54) is 16.8 Å². The number of nitrogens with one attached hydrogen (secondary N) is 1. The molecule has 17 heavy (non-hydrogen) atoms. The zero-order chi connectivity index (χ0) is 13.0. The molecule has 1 rings (SSSR count). The molecule has 0 bridgehead atoms. The lowest BCUT2D eigenvalue weighted by molar-refractivity contribution is 0.617. The summed E-state index contributed by atoms with van der Waals surface area (Å²) in [6.45, 7) is 11.7. The first-order chi connectivity index (χ1) is 7.95. The van der Waals surface area contributed by atoms with Crippen molar-refractivity contribution in [1.82, 2.24) is 15.1 Å². The Kier molecular flexibility index (Phi) is 4.94.